The fourth-order valence-electron chi connectivity index (χ4n) is 2.85. The van der Waals surface area contributed by atoms with Crippen LogP contribution in [0.25, 0.3) is 5.69 Å². The number of benzene rings is 2. The van der Waals surface area contributed by atoms with Crippen LogP contribution < -0.4 is 19.5 Å². The van der Waals surface area contributed by atoms with Crippen LogP contribution in [0.3, 0.4) is 0 Å². The highest BCUT2D eigenvalue weighted by Crippen LogP contribution is 2.27. The summed E-state index contributed by atoms with van der Waals surface area (Å²) < 4.78 is 17.4. The number of methoxy groups -OCH3 is 3. The molecule has 29 heavy (non-hydrogen) atoms. The Morgan fingerprint density at radius 1 is 1.07 bits per heavy atom. The zero-order valence-electron chi connectivity index (χ0n) is 16.5. The lowest BCUT2D eigenvalue weighted by molar-refractivity contribution is 0.0945. The summed E-state index contributed by atoms with van der Waals surface area (Å²) in [7, 11) is 4.69. The normalized spacial score (nSPS) is 10.5. The van der Waals surface area contributed by atoms with Crippen LogP contribution in [0.4, 0.5) is 0 Å². The standard InChI is InChI=1S/C20H21ClN4O4/c1-12-19(23-24-25(12)16-9-14(21)6-8-17(16)28-3)20(26)22-11-13-5-7-15(27-2)10-18(13)29-4/h5-10H,11H2,1-4H3,(H,22,26). The third-order valence-electron chi connectivity index (χ3n) is 4.41. The first-order valence-electron chi connectivity index (χ1n) is 8.73. The van der Waals surface area contributed by atoms with E-state index < -0.39 is 0 Å². The van der Waals surface area contributed by atoms with Crippen molar-refractivity contribution in [1.82, 2.24) is 20.3 Å². The second-order valence-corrected chi connectivity index (χ2v) is 6.55. The molecule has 9 heteroatoms. The van der Waals surface area contributed by atoms with Gasteiger partial charge in [-0.25, -0.2) is 4.68 Å². The van der Waals surface area contributed by atoms with E-state index in [1.165, 1.54) is 4.68 Å². The third-order valence-corrected chi connectivity index (χ3v) is 4.65. The molecule has 1 amide bonds. The Kier molecular flexibility index (Phi) is 6.23. The minimum absolute atomic E-state index is 0.208. The topological polar surface area (TPSA) is 87.5 Å². The Hall–Kier alpha value is -3.26. The molecule has 0 atom stereocenters. The van der Waals surface area contributed by atoms with Crippen molar-refractivity contribution in [3.63, 3.8) is 0 Å². The largest absolute Gasteiger partial charge is 0.497 e. The molecule has 8 nitrogen and oxygen atoms in total. The molecular weight excluding hydrogens is 396 g/mol. The van der Waals surface area contributed by atoms with Gasteiger partial charge in [0.1, 0.15) is 22.9 Å². The van der Waals surface area contributed by atoms with Gasteiger partial charge in [0, 0.05) is 23.2 Å². The van der Waals surface area contributed by atoms with Crippen LogP contribution in [0.2, 0.25) is 5.02 Å². The minimum Gasteiger partial charge on any atom is -0.497 e. The van der Waals surface area contributed by atoms with Crippen molar-refractivity contribution in [2.75, 3.05) is 21.3 Å². The van der Waals surface area contributed by atoms with E-state index in [1.54, 1.807) is 58.6 Å². The number of aromatic nitrogens is 3. The fraction of sp³-hybridized carbons (Fsp3) is 0.250. The van der Waals surface area contributed by atoms with E-state index in [0.717, 1.165) is 5.56 Å². The van der Waals surface area contributed by atoms with E-state index in [4.69, 9.17) is 25.8 Å². The fourth-order valence-corrected chi connectivity index (χ4v) is 3.02. The van der Waals surface area contributed by atoms with Crippen molar-refractivity contribution >= 4 is 17.5 Å². The molecule has 1 aromatic heterocycles. The number of hydrogen-bond acceptors (Lipinski definition) is 6. The molecule has 0 spiro atoms. The van der Waals surface area contributed by atoms with Crippen molar-refractivity contribution in [1.29, 1.82) is 0 Å². The number of carbonyl (C=O) groups is 1. The first kappa shape index (κ1) is 20.5. The molecule has 0 aliphatic heterocycles. The van der Waals surface area contributed by atoms with Crippen molar-refractivity contribution in [3.05, 3.63) is 58.4 Å². The Morgan fingerprint density at radius 2 is 1.83 bits per heavy atom. The number of ether oxygens (including phenoxy) is 3. The molecule has 3 aromatic rings. The van der Waals surface area contributed by atoms with Crippen molar-refractivity contribution in [3.8, 4) is 22.9 Å². The van der Waals surface area contributed by atoms with Crippen LogP contribution in [-0.4, -0.2) is 42.2 Å². The number of amides is 1. The van der Waals surface area contributed by atoms with Gasteiger partial charge in [-0.1, -0.05) is 16.8 Å². The van der Waals surface area contributed by atoms with E-state index in [2.05, 4.69) is 15.6 Å². The lowest BCUT2D eigenvalue weighted by Crippen LogP contribution is -2.24. The Morgan fingerprint density at radius 3 is 2.52 bits per heavy atom. The van der Waals surface area contributed by atoms with Gasteiger partial charge in [0.05, 0.1) is 27.0 Å². The number of rotatable bonds is 7. The predicted octanol–water partition coefficient (Wildman–Crippen LogP) is 3.18. The first-order chi connectivity index (χ1) is 14.0. The number of carbonyl (C=O) groups excluding carboxylic acids is 1. The maximum Gasteiger partial charge on any atom is 0.274 e. The average molecular weight is 417 g/mol. The van der Waals surface area contributed by atoms with E-state index in [1.807, 2.05) is 6.07 Å². The van der Waals surface area contributed by atoms with Crippen LogP contribution >= 0.6 is 11.6 Å². The Labute approximate surface area is 173 Å². The van der Waals surface area contributed by atoms with Gasteiger partial charge in [0.2, 0.25) is 0 Å². The van der Waals surface area contributed by atoms with Crippen molar-refractivity contribution in [2.45, 2.75) is 13.5 Å². The van der Waals surface area contributed by atoms with E-state index in [-0.39, 0.29) is 18.1 Å². The van der Waals surface area contributed by atoms with E-state index >= 15 is 0 Å². The van der Waals surface area contributed by atoms with Crippen LogP contribution in [0.5, 0.6) is 17.2 Å². The molecule has 1 N–H and O–H groups in total. The smallest absolute Gasteiger partial charge is 0.274 e. The highest BCUT2D eigenvalue weighted by Gasteiger charge is 2.19. The molecule has 3 rings (SSSR count). The molecule has 0 bridgehead atoms. The second-order valence-electron chi connectivity index (χ2n) is 6.11. The summed E-state index contributed by atoms with van der Waals surface area (Å²) in [5.41, 5.74) is 2.17. The first-order valence-corrected chi connectivity index (χ1v) is 9.11. The molecule has 0 aliphatic rings. The van der Waals surface area contributed by atoms with Crippen molar-refractivity contribution < 1.29 is 19.0 Å². The second kappa shape index (κ2) is 8.83. The Balaban J connectivity index is 1.81. The summed E-state index contributed by atoms with van der Waals surface area (Å²) in [4.78, 5) is 12.7. The zero-order valence-corrected chi connectivity index (χ0v) is 17.3. The van der Waals surface area contributed by atoms with Crippen LogP contribution in [0.1, 0.15) is 21.7 Å². The van der Waals surface area contributed by atoms with Gasteiger partial charge in [-0.05, 0) is 37.3 Å². The quantitative estimate of drug-likeness (QED) is 0.636. The van der Waals surface area contributed by atoms with Gasteiger partial charge in [0.25, 0.3) is 5.91 Å². The SMILES string of the molecule is COc1ccc(CNC(=O)c2nnn(-c3cc(Cl)ccc3OC)c2C)c(OC)c1. The molecular formula is C20H21ClN4O4. The summed E-state index contributed by atoms with van der Waals surface area (Å²) in [6.07, 6.45) is 0. The van der Waals surface area contributed by atoms with Crippen LogP contribution in [0.15, 0.2) is 36.4 Å². The number of hydrogen-bond donors (Lipinski definition) is 1. The van der Waals surface area contributed by atoms with Crippen molar-refractivity contribution in [2.24, 2.45) is 0 Å². The summed E-state index contributed by atoms with van der Waals surface area (Å²) in [5.74, 6) is 1.50. The third kappa shape index (κ3) is 4.27. The van der Waals surface area contributed by atoms with Gasteiger partial charge in [-0.3, -0.25) is 4.79 Å². The molecule has 0 unspecified atom stereocenters. The summed E-state index contributed by atoms with van der Waals surface area (Å²) in [5, 5.41) is 11.5. The minimum atomic E-state index is -0.354. The number of halogens is 1. The van der Waals surface area contributed by atoms with Gasteiger partial charge in [-0.15, -0.1) is 5.10 Å². The molecule has 152 valence electrons. The summed E-state index contributed by atoms with van der Waals surface area (Å²) >= 11 is 6.10. The Bertz CT molecular complexity index is 1040. The average Bonchev–Trinajstić information content (AvgIpc) is 3.13. The number of nitrogens with one attached hydrogen (secondary N) is 1. The predicted molar refractivity (Wildman–Crippen MR) is 108 cm³/mol. The lowest BCUT2D eigenvalue weighted by atomic mass is 10.2. The summed E-state index contributed by atoms with van der Waals surface area (Å²) in [6, 6.07) is 10.5. The molecule has 0 fully saturated rings. The monoisotopic (exact) mass is 416 g/mol. The van der Waals surface area contributed by atoms with E-state index in [9.17, 15) is 4.79 Å². The van der Waals surface area contributed by atoms with Gasteiger partial charge < -0.3 is 19.5 Å². The molecule has 0 radical (unpaired) electrons. The molecule has 1 heterocycles. The maximum absolute atomic E-state index is 12.7. The van der Waals surface area contributed by atoms with Gasteiger partial charge in [0.15, 0.2) is 5.69 Å². The lowest BCUT2D eigenvalue weighted by Gasteiger charge is -2.11. The number of nitrogens with zero attached hydrogens (tertiary/aromatic N) is 3. The van der Waals surface area contributed by atoms with Crippen LogP contribution in [0, 0.1) is 6.92 Å². The maximum atomic E-state index is 12.7. The van der Waals surface area contributed by atoms with Gasteiger partial charge >= 0.3 is 0 Å². The van der Waals surface area contributed by atoms with Gasteiger partial charge in [-0.2, -0.15) is 0 Å². The van der Waals surface area contributed by atoms with Crippen LogP contribution in [-0.2, 0) is 6.54 Å². The highest BCUT2D eigenvalue weighted by atomic mass is 35.5. The molecule has 0 saturated heterocycles. The molecule has 0 aliphatic carbocycles. The van der Waals surface area contributed by atoms with E-state index in [0.29, 0.717) is 33.7 Å². The molecule has 2 aromatic carbocycles. The zero-order chi connectivity index (χ0) is 21.0. The summed E-state index contributed by atoms with van der Waals surface area (Å²) in [6.45, 7) is 2.02. The highest BCUT2D eigenvalue weighted by molar-refractivity contribution is 6.30. The molecule has 0 saturated carbocycles.